The van der Waals surface area contributed by atoms with Crippen LogP contribution in [0.5, 0.6) is 0 Å². The van der Waals surface area contributed by atoms with Gasteiger partial charge in [0.15, 0.2) is 5.96 Å². The topological polar surface area (TPSA) is 493 Å². The van der Waals surface area contributed by atoms with Crippen molar-refractivity contribution in [2.75, 3.05) is 32.8 Å². The van der Waals surface area contributed by atoms with E-state index in [1.54, 1.807) is 0 Å². The molecule has 0 spiro atoms. The number of carbonyl (C=O) groups is 11. The standard InChI is InChI=1S/C39H62N14O16/c1-18(2)9-20(40)31(61)48-21(5-3-7-44-39(41)42)37(67)53-8-4-6-27(53)36(66)45-14-28(56)47-22(11-29(57)58)32(62)49-23(12-30(59)60)33(63)51-26(16-55)35(65)52-25(15-54)34(64)50-24(38(68)69)10-19-13-43-17-46-19/h13,17-18,20-27,54-55H,3-12,14-16,40H2,1-2H3,(H,43,46)(H,45,66)(H,47,56)(H,48,61)(H,49,62)(H,50,64)(H,51,63)(H,52,65)(H,57,58)(H,59,60)(H,68,69)(H4,41,42,44)/t20-,21-,22-,23-,24-,25-,26-,27-/m0/s1. The van der Waals surface area contributed by atoms with Gasteiger partial charge in [-0.2, -0.15) is 0 Å². The molecule has 8 atom stereocenters. The number of rotatable bonds is 30. The van der Waals surface area contributed by atoms with Gasteiger partial charge < -0.3 is 89.4 Å². The van der Waals surface area contributed by atoms with Gasteiger partial charge in [-0.3, -0.25) is 53.4 Å². The Labute approximate surface area is 393 Å². The van der Waals surface area contributed by atoms with Crippen LogP contribution in [0.1, 0.15) is 64.5 Å². The summed E-state index contributed by atoms with van der Waals surface area (Å²) in [6.45, 7) is 0.818. The first-order chi connectivity index (χ1) is 32.5. The third-order valence-corrected chi connectivity index (χ3v) is 10.2. The van der Waals surface area contributed by atoms with Gasteiger partial charge in [0.2, 0.25) is 47.3 Å². The number of nitrogens with one attached hydrogen (secondary N) is 10. The van der Waals surface area contributed by atoms with E-state index in [2.05, 4.69) is 36.6 Å². The molecule has 2 heterocycles. The molecule has 0 saturated carbocycles. The molecule has 30 nitrogen and oxygen atoms in total. The van der Waals surface area contributed by atoms with Gasteiger partial charge in [-0.1, -0.05) is 13.8 Å². The molecule has 0 unspecified atom stereocenters. The number of nitrogens with two attached hydrogens (primary N) is 2. The SMILES string of the molecule is CC(C)C[C@H](N)C(=O)N[C@@H](CCCNC(=N)N)C(=O)N1CCC[C@H]1C(=O)NCC(=O)N[C@@H](CC(=O)O)C(=O)N[C@@H](CC(=O)O)C(=O)N[C@@H](CO)C(=O)N[C@@H](CO)C(=O)N[C@@H](Cc1c[nH]cn1)C(=O)O. The molecule has 1 aliphatic heterocycles. The van der Waals surface area contributed by atoms with Crippen molar-refractivity contribution in [1.29, 1.82) is 5.41 Å². The van der Waals surface area contributed by atoms with Crippen LogP contribution in [-0.2, 0) is 59.2 Å². The lowest BCUT2D eigenvalue weighted by Crippen LogP contribution is -2.60. The number of imidazole rings is 1. The maximum Gasteiger partial charge on any atom is 0.326 e. The zero-order chi connectivity index (χ0) is 52.0. The van der Waals surface area contributed by atoms with Crippen molar-refractivity contribution >= 4 is 71.1 Å². The zero-order valence-corrected chi connectivity index (χ0v) is 37.8. The van der Waals surface area contributed by atoms with Crippen molar-refractivity contribution < 1.29 is 78.3 Å². The lowest BCUT2D eigenvalue weighted by molar-refractivity contribution is -0.144. The van der Waals surface area contributed by atoms with Crippen molar-refractivity contribution in [1.82, 2.24) is 57.4 Å². The molecule has 69 heavy (non-hydrogen) atoms. The largest absolute Gasteiger partial charge is 0.481 e. The molecule has 1 saturated heterocycles. The van der Waals surface area contributed by atoms with Gasteiger partial charge in [-0.05, 0) is 38.0 Å². The van der Waals surface area contributed by atoms with Crippen molar-refractivity contribution in [2.45, 2.75) is 114 Å². The maximum atomic E-state index is 13.8. The van der Waals surface area contributed by atoms with E-state index in [1.165, 1.54) is 17.4 Å². The molecule has 1 aromatic rings. The van der Waals surface area contributed by atoms with E-state index in [1.807, 2.05) is 29.8 Å². The fraction of sp³-hybridized carbons (Fsp3) is 0.615. The number of aliphatic carboxylic acids is 3. The molecule has 0 bridgehead atoms. The zero-order valence-electron chi connectivity index (χ0n) is 37.8. The van der Waals surface area contributed by atoms with Gasteiger partial charge in [0.25, 0.3) is 0 Å². The molecule has 1 aromatic heterocycles. The average molecular weight is 983 g/mol. The predicted octanol–water partition coefficient (Wildman–Crippen LogP) is -7.38. The van der Waals surface area contributed by atoms with Gasteiger partial charge in [-0.25, -0.2) is 9.78 Å². The van der Waals surface area contributed by atoms with Crippen LogP contribution in [0.4, 0.5) is 0 Å². The van der Waals surface area contributed by atoms with Crippen molar-refractivity contribution in [2.24, 2.45) is 17.4 Å². The minimum absolute atomic E-state index is 0.0623. The Morgan fingerprint density at radius 2 is 1.29 bits per heavy atom. The number of guanidine groups is 1. The van der Waals surface area contributed by atoms with Crippen molar-refractivity contribution in [3.05, 3.63) is 18.2 Å². The summed E-state index contributed by atoms with van der Waals surface area (Å²) in [5, 5.41) is 73.2. The first kappa shape index (κ1) is 57.7. The highest BCUT2D eigenvalue weighted by molar-refractivity contribution is 5.99. The third-order valence-electron chi connectivity index (χ3n) is 10.2. The number of carbonyl (C=O) groups excluding carboxylic acids is 8. The number of amides is 8. The van der Waals surface area contributed by atoms with Gasteiger partial charge in [0, 0.05) is 25.7 Å². The number of aromatic nitrogens is 2. The molecule has 0 radical (unpaired) electrons. The molecule has 0 aliphatic carbocycles. The number of aromatic amines is 1. The number of aliphatic hydroxyl groups excluding tert-OH is 2. The summed E-state index contributed by atoms with van der Waals surface area (Å²) in [6.07, 6.45) is 1.15. The number of carboxylic acid groups (broad SMARTS) is 3. The van der Waals surface area contributed by atoms with Crippen LogP contribution < -0.4 is 54.0 Å². The van der Waals surface area contributed by atoms with Gasteiger partial charge in [-0.15, -0.1) is 0 Å². The van der Waals surface area contributed by atoms with Crippen LogP contribution in [0.25, 0.3) is 0 Å². The monoisotopic (exact) mass is 982 g/mol. The molecule has 2 rings (SSSR count). The summed E-state index contributed by atoms with van der Waals surface area (Å²) in [5.41, 5.74) is 11.6. The molecule has 0 aromatic carbocycles. The normalized spacial score (nSPS) is 16.2. The quantitative estimate of drug-likeness (QED) is 0.0193. The van der Waals surface area contributed by atoms with Crippen molar-refractivity contribution in [3.8, 4) is 0 Å². The number of aliphatic hydroxyl groups is 2. The summed E-state index contributed by atoms with van der Waals surface area (Å²) < 4.78 is 0. The average Bonchev–Trinajstić information content (AvgIpc) is 3.99. The third kappa shape index (κ3) is 20.1. The lowest BCUT2D eigenvalue weighted by Gasteiger charge is -2.29. The van der Waals surface area contributed by atoms with Crippen molar-refractivity contribution in [3.63, 3.8) is 0 Å². The highest BCUT2D eigenvalue weighted by atomic mass is 16.4. The van der Waals surface area contributed by atoms with Crippen LogP contribution in [0.15, 0.2) is 12.5 Å². The first-order valence-corrected chi connectivity index (χ1v) is 21.6. The Morgan fingerprint density at radius 1 is 0.768 bits per heavy atom. The highest BCUT2D eigenvalue weighted by Gasteiger charge is 2.39. The number of hydrogen-bond acceptors (Lipinski definition) is 16. The summed E-state index contributed by atoms with van der Waals surface area (Å²) >= 11 is 0. The molecule has 384 valence electrons. The molecule has 1 aliphatic rings. The Kier molecular flexibility index (Phi) is 23.9. The summed E-state index contributed by atoms with van der Waals surface area (Å²) in [5.74, 6) is -13.7. The summed E-state index contributed by atoms with van der Waals surface area (Å²) in [7, 11) is 0. The Hall–Kier alpha value is -7.47. The smallest absolute Gasteiger partial charge is 0.326 e. The maximum absolute atomic E-state index is 13.8. The van der Waals surface area contributed by atoms with E-state index < -0.39 is 146 Å². The summed E-state index contributed by atoms with van der Waals surface area (Å²) in [6, 6.07) is -12.7. The van der Waals surface area contributed by atoms with Gasteiger partial charge in [0.1, 0.15) is 42.3 Å². The molecule has 1 fully saturated rings. The number of H-pyrrole nitrogens is 1. The van der Waals surface area contributed by atoms with Crippen LogP contribution in [-0.4, -0.2) is 193 Å². The number of likely N-dealkylation sites (tertiary alicyclic amines) is 1. The van der Waals surface area contributed by atoms with E-state index in [0.717, 1.165) is 0 Å². The van der Waals surface area contributed by atoms with Crippen LogP contribution >= 0.6 is 0 Å². The second kappa shape index (κ2) is 28.6. The second-order valence-electron chi connectivity index (χ2n) is 16.2. The first-order valence-electron chi connectivity index (χ1n) is 21.6. The summed E-state index contributed by atoms with van der Waals surface area (Å²) in [4.78, 5) is 148. The molecule has 30 heteroatoms. The minimum Gasteiger partial charge on any atom is -0.481 e. The number of hydrogen-bond donors (Lipinski definition) is 17. The Morgan fingerprint density at radius 3 is 1.78 bits per heavy atom. The fourth-order valence-corrected chi connectivity index (χ4v) is 6.77. The van der Waals surface area contributed by atoms with Gasteiger partial charge in [0.05, 0.1) is 50.7 Å². The van der Waals surface area contributed by atoms with E-state index in [0.29, 0.717) is 12.8 Å². The van der Waals surface area contributed by atoms with E-state index >= 15 is 0 Å². The molecule has 19 N–H and O–H groups in total. The van der Waals surface area contributed by atoms with Crippen LogP contribution in [0.3, 0.4) is 0 Å². The highest BCUT2D eigenvalue weighted by Crippen LogP contribution is 2.20. The van der Waals surface area contributed by atoms with Crippen LogP contribution in [0.2, 0.25) is 0 Å². The molecular formula is C39H62N14O16. The van der Waals surface area contributed by atoms with E-state index in [-0.39, 0.29) is 56.3 Å². The Balaban J connectivity index is 2.12. The Bertz CT molecular complexity index is 2000. The predicted molar refractivity (Wildman–Crippen MR) is 235 cm³/mol. The molecule has 8 amide bonds. The fourth-order valence-electron chi connectivity index (χ4n) is 6.77. The van der Waals surface area contributed by atoms with Gasteiger partial charge >= 0.3 is 17.9 Å². The van der Waals surface area contributed by atoms with E-state index in [4.69, 9.17) is 16.9 Å². The number of carboxylic acids is 3. The van der Waals surface area contributed by atoms with Crippen LogP contribution in [0, 0.1) is 11.3 Å². The second-order valence-corrected chi connectivity index (χ2v) is 16.2. The molecular weight excluding hydrogens is 921 g/mol. The minimum atomic E-state index is -2.10. The van der Waals surface area contributed by atoms with E-state index in [9.17, 15) is 78.3 Å². The lowest BCUT2D eigenvalue weighted by atomic mass is 10.0. The number of nitrogens with zero attached hydrogens (tertiary/aromatic N) is 2.